The van der Waals surface area contributed by atoms with E-state index >= 15 is 0 Å². The molecule has 0 unspecified atom stereocenters. The van der Waals surface area contributed by atoms with Gasteiger partial charge in [0.15, 0.2) is 0 Å². The van der Waals surface area contributed by atoms with Crippen molar-refractivity contribution in [2.45, 2.75) is 20.8 Å². The zero-order chi connectivity index (χ0) is 9.84. The van der Waals surface area contributed by atoms with Crippen LogP contribution < -0.4 is 0 Å². The van der Waals surface area contributed by atoms with Gasteiger partial charge in [-0.2, -0.15) is 5.10 Å². The first-order chi connectivity index (χ1) is 6.27. The lowest BCUT2D eigenvalue weighted by Crippen LogP contribution is -1.85. The molecule has 0 radical (unpaired) electrons. The van der Waals surface area contributed by atoms with Crippen LogP contribution in [-0.2, 0) is 7.05 Å². The number of nitrogens with zero attached hydrogens (tertiary/aromatic N) is 2. The zero-order valence-corrected chi connectivity index (χ0v) is 8.70. The molecule has 0 N–H and O–H groups in total. The van der Waals surface area contributed by atoms with E-state index in [2.05, 4.69) is 30.2 Å². The third-order valence-corrected chi connectivity index (χ3v) is 1.85. The minimum absolute atomic E-state index is 1.11. The van der Waals surface area contributed by atoms with Crippen LogP contribution in [0.2, 0.25) is 0 Å². The molecule has 0 saturated heterocycles. The Labute approximate surface area is 79.2 Å². The summed E-state index contributed by atoms with van der Waals surface area (Å²) < 4.78 is 1.84. The van der Waals surface area contributed by atoms with Gasteiger partial charge in [-0.05, 0) is 12.5 Å². The highest BCUT2D eigenvalue weighted by Gasteiger charge is 1.98. The Kier molecular flexibility index (Phi) is 3.07. The topological polar surface area (TPSA) is 17.8 Å². The standard InChI is InChI=1S/C9H10N2.C2H6/c1-7-4-3-5-8-6-11(2)10-9(7)8;1-2/h3-6H,1-2H3;1-2H3. The van der Waals surface area contributed by atoms with E-state index in [4.69, 9.17) is 0 Å². The van der Waals surface area contributed by atoms with Crippen LogP contribution in [0.1, 0.15) is 19.4 Å². The molecular weight excluding hydrogens is 160 g/mol. The van der Waals surface area contributed by atoms with Crippen LogP contribution in [0.4, 0.5) is 0 Å². The van der Waals surface area contributed by atoms with Gasteiger partial charge in [-0.1, -0.05) is 32.0 Å². The van der Waals surface area contributed by atoms with Crippen molar-refractivity contribution in [2.75, 3.05) is 0 Å². The van der Waals surface area contributed by atoms with Crippen LogP contribution in [0, 0.1) is 6.92 Å². The molecule has 0 aliphatic heterocycles. The smallest absolute Gasteiger partial charge is 0.0952 e. The van der Waals surface area contributed by atoms with Crippen molar-refractivity contribution >= 4 is 10.9 Å². The Hall–Kier alpha value is -1.31. The molecule has 2 nitrogen and oxygen atoms in total. The van der Waals surface area contributed by atoms with E-state index in [1.807, 2.05) is 31.8 Å². The normalized spacial score (nSPS) is 9.54. The monoisotopic (exact) mass is 176 g/mol. The maximum Gasteiger partial charge on any atom is 0.0952 e. The Morgan fingerprint density at radius 2 is 1.92 bits per heavy atom. The molecule has 0 fully saturated rings. The van der Waals surface area contributed by atoms with Gasteiger partial charge in [0.1, 0.15) is 0 Å². The first-order valence-corrected chi connectivity index (χ1v) is 4.66. The summed E-state index contributed by atoms with van der Waals surface area (Å²) in [6, 6.07) is 6.21. The SMILES string of the molecule is CC.Cc1cccc2cn(C)nc12. The lowest BCUT2D eigenvalue weighted by molar-refractivity contribution is 0.779. The maximum atomic E-state index is 4.33. The van der Waals surface area contributed by atoms with Crippen molar-refractivity contribution < 1.29 is 0 Å². The molecule has 13 heavy (non-hydrogen) atoms. The molecule has 1 aromatic heterocycles. The number of aromatic nitrogens is 2. The van der Waals surface area contributed by atoms with Gasteiger partial charge in [0.05, 0.1) is 5.52 Å². The maximum absolute atomic E-state index is 4.33. The fraction of sp³-hybridized carbons (Fsp3) is 0.364. The van der Waals surface area contributed by atoms with Crippen molar-refractivity contribution in [1.82, 2.24) is 9.78 Å². The van der Waals surface area contributed by atoms with Gasteiger partial charge >= 0.3 is 0 Å². The predicted octanol–water partition coefficient (Wildman–Crippen LogP) is 2.91. The highest BCUT2D eigenvalue weighted by Crippen LogP contribution is 2.14. The largest absolute Gasteiger partial charge is 0.275 e. The van der Waals surface area contributed by atoms with Crippen LogP contribution in [0.25, 0.3) is 10.9 Å². The van der Waals surface area contributed by atoms with Crippen LogP contribution in [0.5, 0.6) is 0 Å². The van der Waals surface area contributed by atoms with Crippen LogP contribution in [0.15, 0.2) is 24.4 Å². The molecule has 0 saturated carbocycles. The van der Waals surface area contributed by atoms with E-state index in [9.17, 15) is 0 Å². The summed E-state index contributed by atoms with van der Waals surface area (Å²) in [4.78, 5) is 0. The van der Waals surface area contributed by atoms with Gasteiger partial charge in [0, 0.05) is 18.6 Å². The molecular formula is C11H16N2. The molecule has 70 valence electrons. The second kappa shape index (κ2) is 4.08. The Morgan fingerprint density at radius 3 is 2.54 bits per heavy atom. The van der Waals surface area contributed by atoms with Gasteiger partial charge in [0.25, 0.3) is 0 Å². The summed E-state index contributed by atoms with van der Waals surface area (Å²) in [5.74, 6) is 0. The Morgan fingerprint density at radius 1 is 1.23 bits per heavy atom. The number of rotatable bonds is 0. The molecule has 1 heterocycles. The van der Waals surface area contributed by atoms with Crippen molar-refractivity contribution in [3.8, 4) is 0 Å². The van der Waals surface area contributed by atoms with Crippen LogP contribution in [-0.4, -0.2) is 9.78 Å². The van der Waals surface area contributed by atoms with Gasteiger partial charge < -0.3 is 0 Å². The summed E-state index contributed by atoms with van der Waals surface area (Å²) in [5.41, 5.74) is 2.35. The van der Waals surface area contributed by atoms with E-state index in [-0.39, 0.29) is 0 Å². The molecule has 0 amide bonds. The number of hydrogen-bond donors (Lipinski definition) is 0. The van der Waals surface area contributed by atoms with E-state index in [1.54, 1.807) is 0 Å². The number of hydrogen-bond acceptors (Lipinski definition) is 1. The third-order valence-electron chi connectivity index (χ3n) is 1.85. The zero-order valence-electron chi connectivity index (χ0n) is 8.70. The van der Waals surface area contributed by atoms with Crippen LogP contribution in [0.3, 0.4) is 0 Å². The average molecular weight is 176 g/mol. The molecule has 0 aliphatic carbocycles. The van der Waals surface area contributed by atoms with Gasteiger partial charge in [-0.15, -0.1) is 0 Å². The highest BCUT2D eigenvalue weighted by atomic mass is 15.2. The fourth-order valence-electron chi connectivity index (χ4n) is 1.31. The lowest BCUT2D eigenvalue weighted by atomic mass is 10.2. The van der Waals surface area contributed by atoms with E-state index in [1.165, 1.54) is 10.9 Å². The van der Waals surface area contributed by atoms with Crippen molar-refractivity contribution in [2.24, 2.45) is 7.05 Å². The van der Waals surface area contributed by atoms with E-state index < -0.39 is 0 Å². The Bertz CT molecular complexity index is 388. The minimum Gasteiger partial charge on any atom is -0.275 e. The summed E-state index contributed by atoms with van der Waals surface area (Å²) in [6.07, 6.45) is 2.03. The lowest BCUT2D eigenvalue weighted by Gasteiger charge is -1.90. The quantitative estimate of drug-likeness (QED) is 0.603. The molecule has 0 bridgehead atoms. The van der Waals surface area contributed by atoms with Crippen LogP contribution >= 0.6 is 0 Å². The molecule has 0 atom stereocenters. The van der Waals surface area contributed by atoms with E-state index in [0.717, 1.165) is 5.52 Å². The third kappa shape index (κ3) is 1.89. The van der Waals surface area contributed by atoms with E-state index in [0.29, 0.717) is 0 Å². The summed E-state index contributed by atoms with van der Waals surface area (Å²) in [6.45, 7) is 6.08. The number of fused-ring (bicyclic) bond motifs is 1. The second-order valence-electron chi connectivity index (χ2n) is 2.82. The van der Waals surface area contributed by atoms with Gasteiger partial charge in [-0.25, -0.2) is 0 Å². The molecule has 2 rings (SSSR count). The first-order valence-electron chi connectivity index (χ1n) is 4.66. The van der Waals surface area contributed by atoms with Crippen molar-refractivity contribution in [3.05, 3.63) is 30.0 Å². The summed E-state index contributed by atoms with van der Waals surface area (Å²) >= 11 is 0. The number of aryl methyl sites for hydroxylation is 2. The molecule has 2 heteroatoms. The summed E-state index contributed by atoms with van der Waals surface area (Å²) in [7, 11) is 1.94. The molecule has 0 aliphatic rings. The average Bonchev–Trinajstić information content (AvgIpc) is 2.51. The molecule has 0 spiro atoms. The highest BCUT2D eigenvalue weighted by molar-refractivity contribution is 5.80. The molecule has 1 aromatic carbocycles. The fourth-order valence-corrected chi connectivity index (χ4v) is 1.31. The van der Waals surface area contributed by atoms with Gasteiger partial charge in [-0.3, -0.25) is 4.68 Å². The first kappa shape index (κ1) is 9.78. The van der Waals surface area contributed by atoms with Crippen molar-refractivity contribution in [1.29, 1.82) is 0 Å². The molecule has 2 aromatic rings. The minimum atomic E-state index is 1.11. The summed E-state index contributed by atoms with van der Waals surface area (Å²) in [5, 5.41) is 5.54. The predicted molar refractivity (Wildman–Crippen MR) is 56.8 cm³/mol. The second-order valence-corrected chi connectivity index (χ2v) is 2.82. The van der Waals surface area contributed by atoms with Crippen molar-refractivity contribution in [3.63, 3.8) is 0 Å². The Balaban J connectivity index is 0.000000396. The number of benzene rings is 1. The van der Waals surface area contributed by atoms with Gasteiger partial charge in [0.2, 0.25) is 0 Å².